The molecule has 0 aromatic heterocycles. The van der Waals surface area contributed by atoms with Crippen LogP contribution in [0.2, 0.25) is 0 Å². The Morgan fingerprint density at radius 2 is 1.72 bits per heavy atom. The fourth-order valence-corrected chi connectivity index (χ4v) is 4.98. The van der Waals surface area contributed by atoms with Crippen LogP contribution in [0.25, 0.3) is 0 Å². The largest absolute Gasteiger partial charge is 0.494 e. The van der Waals surface area contributed by atoms with Crippen molar-refractivity contribution in [2.45, 2.75) is 45.1 Å². The Kier molecular flexibility index (Phi) is 5.88. The molecule has 0 radical (unpaired) electrons. The van der Waals surface area contributed by atoms with Gasteiger partial charge in [0, 0.05) is 39.1 Å². The van der Waals surface area contributed by atoms with Crippen LogP contribution in [0.3, 0.4) is 0 Å². The second-order valence-electron chi connectivity index (χ2n) is 8.65. The second kappa shape index (κ2) is 8.40. The summed E-state index contributed by atoms with van der Waals surface area (Å²) >= 11 is 0. The van der Waals surface area contributed by atoms with E-state index in [2.05, 4.69) is 9.80 Å². The molecule has 2 aliphatic heterocycles. The van der Waals surface area contributed by atoms with Crippen molar-refractivity contribution in [2.24, 2.45) is 5.41 Å². The first kappa shape index (κ1) is 20.3. The van der Waals surface area contributed by atoms with Gasteiger partial charge in [0.1, 0.15) is 0 Å². The Balaban J connectivity index is 1.29. The van der Waals surface area contributed by atoms with Gasteiger partial charge in [0.2, 0.25) is 11.8 Å². The molecule has 158 valence electrons. The van der Waals surface area contributed by atoms with E-state index in [-0.39, 0.29) is 23.4 Å². The molecule has 0 bridgehead atoms. The first-order valence-corrected chi connectivity index (χ1v) is 10.6. The molecule has 2 saturated heterocycles. The van der Waals surface area contributed by atoms with Crippen molar-refractivity contribution in [1.29, 1.82) is 0 Å². The van der Waals surface area contributed by atoms with Gasteiger partial charge in [-0.3, -0.25) is 24.3 Å². The van der Waals surface area contributed by atoms with Crippen molar-refractivity contribution in [2.75, 3.05) is 40.0 Å². The molecule has 3 aliphatic rings. The van der Waals surface area contributed by atoms with Gasteiger partial charge in [0.25, 0.3) is 0 Å². The third-order valence-electron chi connectivity index (χ3n) is 6.73. The molecule has 4 rings (SSSR count). The van der Waals surface area contributed by atoms with E-state index in [1.807, 2.05) is 6.07 Å². The molecule has 1 saturated carbocycles. The topological polar surface area (TPSA) is 53.1 Å². The molecule has 7 heteroatoms. The Bertz CT molecular complexity index is 771. The molecule has 1 aromatic carbocycles. The van der Waals surface area contributed by atoms with E-state index >= 15 is 0 Å². The van der Waals surface area contributed by atoms with Crippen LogP contribution in [-0.2, 0) is 16.1 Å². The van der Waals surface area contributed by atoms with E-state index in [9.17, 15) is 14.0 Å². The van der Waals surface area contributed by atoms with E-state index in [1.165, 1.54) is 24.5 Å². The van der Waals surface area contributed by atoms with Crippen LogP contribution >= 0.6 is 0 Å². The molecule has 0 unspecified atom stereocenters. The number of carbonyl (C=O) groups is 2. The van der Waals surface area contributed by atoms with Gasteiger partial charge in [-0.25, -0.2) is 4.39 Å². The van der Waals surface area contributed by atoms with E-state index in [1.54, 1.807) is 6.07 Å². The highest BCUT2D eigenvalue weighted by Crippen LogP contribution is 2.45. The van der Waals surface area contributed by atoms with Crippen molar-refractivity contribution in [3.05, 3.63) is 29.6 Å². The molecule has 3 fully saturated rings. The summed E-state index contributed by atoms with van der Waals surface area (Å²) in [4.78, 5) is 31.5. The average Bonchev–Trinajstić information content (AvgIpc) is 2.94. The Hall–Kier alpha value is -1.99. The summed E-state index contributed by atoms with van der Waals surface area (Å²) in [7, 11) is 1.46. The van der Waals surface area contributed by atoms with E-state index in [4.69, 9.17) is 4.74 Å². The number of imide groups is 1. The number of benzene rings is 1. The quantitative estimate of drug-likeness (QED) is 0.708. The molecular weight excluding hydrogens is 373 g/mol. The van der Waals surface area contributed by atoms with Gasteiger partial charge in [0.05, 0.1) is 19.2 Å². The SMILES string of the molecule is COc1ccc(CN2CCN(CN3C(=O)CC4(CCCCC4)C3=O)CC2)cc1F. The van der Waals surface area contributed by atoms with Crippen LogP contribution in [0, 0.1) is 11.2 Å². The lowest BCUT2D eigenvalue weighted by atomic mass is 9.73. The zero-order valence-corrected chi connectivity index (χ0v) is 17.2. The van der Waals surface area contributed by atoms with E-state index in [0.717, 1.165) is 57.4 Å². The predicted octanol–water partition coefficient (Wildman–Crippen LogP) is 2.62. The monoisotopic (exact) mass is 403 g/mol. The Morgan fingerprint density at radius 1 is 1.03 bits per heavy atom. The number of hydrogen-bond donors (Lipinski definition) is 0. The first-order valence-electron chi connectivity index (χ1n) is 10.6. The maximum Gasteiger partial charge on any atom is 0.237 e. The standard InChI is InChI=1S/C22H30FN3O3/c1-29-19-6-5-17(13-18(19)23)15-24-9-11-25(12-10-24)16-26-20(27)14-22(21(26)28)7-3-2-4-8-22/h5-6,13H,2-4,7-12,14-16H2,1H3. The normalized spacial score (nSPS) is 23.2. The van der Waals surface area contributed by atoms with Crippen LogP contribution in [0.5, 0.6) is 5.75 Å². The van der Waals surface area contributed by atoms with E-state index < -0.39 is 5.41 Å². The number of likely N-dealkylation sites (tertiary alicyclic amines) is 1. The van der Waals surface area contributed by atoms with Crippen LogP contribution in [0.15, 0.2) is 18.2 Å². The van der Waals surface area contributed by atoms with Crippen molar-refractivity contribution in [1.82, 2.24) is 14.7 Å². The zero-order valence-electron chi connectivity index (χ0n) is 17.2. The smallest absolute Gasteiger partial charge is 0.237 e. The minimum absolute atomic E-state index is 0.00645. The van der Waals surface area contributed by atoms with Crippen molar-refractivity contribution < 1.29 is 18.7 Å². The van der Waals surface area contributed by atoms with Gasteiger partial charge < -0.3 is 4.74 Å². The van der Waals surface area contributed by atoms with Crippen LogP contribution in [0.4, 0.5) is 4.39 Å². The number of nitrogens with zero attached hydrogens (tertiary/aromatic N) is 3. The van der Waals surface area contributed by atoms with Gasteiger partial charge in [-0.15, -0.1) is 0 Å². The number of methoxy groups -OCH3 is 1. The van der Waals surface area contributed by atoms with E-state index in [0.29, 0.717) is 19.6 Å². The minimum atomic E-state index is -0.407. The Labute approximate surface area is 171 Å². The van der Waals surface area contributed by atoms with Gasteiger partial charge in [-0.1, -0.05) is 25.3 Å². The molecule has 1 spiro atoms. The van der Waals surface area contributed by atoms with Crippen LogP contribution in [-0.4, -0.2) is 66.5 Å². The van der Waals surface area contributed by atoms with Crippen molar-refractivity contribution >= 4 is 11.8 Å². The zero-order chi connectivity index (χ0) is 20.4. The Morgan fingerprint density at radius 3 is 2.38 bits per heavy atom. The summed E-state index contributed by atoms with van der Waals surface area (Å²) in [6.07, 6.45) is 5.40. The number of ether oxygens (including phenoxy) is 1. The fourth-order valence-electron chi connectivity index (χ4n) is 4.98. The fraction of sp³-hybridized carbons (Fsp3) is 0.636. The molecule has 0 atom stereocenters. The second-order valence-corrected chi connectivity index (χ2v) is 8.65. The predicted molar refractivity (Wildman–Crippen MR) is 107 cm³/mol. The van der Waals surface area contributed by atoms with Gasteiger partial charge >= 0.3 is 0 Å². The highest BCUT2D eigenvalue weighted by atomic mass is 19.1. The maximum atomic E-state index is 13.9. The molecule has 1 aliphatic carbocycles. The lowest BCUT2D eigenvalue weighted by Gasteiger charge is -2.37. The van der Waals surface area contributed by atoms with Crippen molar-refractivity contribution in [3.63, 3.8) is 0 Å². The molecular formula is C22H30FN3O3. The summed E-state index contributed by atoms with van der Waals surface area (Å²) in [6, 6.07) is 5.07. The number of rotatable bonds is 5. The first-order chi connectivity index (χ1) is 14.0. The summed E-state index contributed by atoms with van der Waals surface area (Å²) in [5, 5.41) is 0. The lowest BCUT2D eigenvalue weighted by Crippen LogP contribution is -2.51. The summed E-state index contributed by atoms with van der Waals surface area (Å²) in [5.41, 5.74) is 0.510. The average molecular weight is 403 g/mol. The summed E-state index contributed by atoms with van der Waals surface area (Å²) in [5.74, 6) is -0.0352. The number of halogens is 1. The van der Waals surface area contributed by atoms with Gasteiger partial charge in [0.15, 0.2) is 11.6 Å². The highest BCUT2D eigenvalue weighted by molar-refractivity contribution is 6.05. The van der Waals surface area contributed by atoms with Crippen molar-refractivity contribution in [3.8, 4) is 5.75 Å². The number of hydrogen-bond acceptors (Lipinski definition) is 5. The summed E-state index contributed by atoms with van der Waals surface area (Å²) < 4.78 is 18.9. The number of amides is 2. The molecule has 29 heavy (non-hydrogen) atoms. The maximum absolute atomic E-state index is 13.9. The number of carbonyl (C=O) groups excluding carboxylic acids is 2. The molecule has 0 N–H and O–H groups in total. The van der Waals surface area contributed by atoms with Gasteiger partial charge in [-0.05, 0) is 30.5 Å². The summed E-state index contributed by atoms with van der Waals surface area (Å²) in [6.45, 7) is 4.33. The molecule has 2 heterocycles. The third kappa shape index (κ3) is 4.16. The minimum Gasteiger partial charge on any atom is -0.494 e. The molecule has 2 amide bonds. The molecule has 6 nitrogen and oxygen atoms in total. The number of piperazine rings is 1. The molecule has 1 aromatic rings. The highest BCUT2D eigenvalue weighted by Gasteiger charge is 2.51. The third-order valence-corrected chi connectivity index (χ3v) is 6.73. The van der Waals surface area contributed by atoms with Crippen LogP contribution in [0.1, 0.15) is 44.1 Å². The van der Waals surface area contributed by atoms with Gasteiger partial charge in [-0.2, -0.15) is 0 Å². The van der Waals surface area contributed by atoms with Crippen LogP contribution < -0.4 is 4.74 Å². The lowest BCUT2D eigenvalue weighted by molar-refractivity contribution is -0.145.